The van der Waals surface area contributed by atoms with Gasteiger partial charge in [-0.15, -0.1) is 0 Å². The second kappa shape index (κ2) is 11.8. The molecule has 1 N–H and O–H groups in total. The van der Waals surface area contributed by atoms with Crippen molar-refractivity contribution in [3.8, 4) is 17.2 Å². The van der Waals surface area contributed by atoms with E-state index in [-0.39, 0.29) is 24.5 Å². The highest BCUT2D eigenvalue weighted by atomic mass is 16.6. The smallest absolute Gasteiger partial charge is 0.272 e. The summed E-state index contributed by atoms with van der Waals surface area (Å²) in [6.45, 7) is 4.33. The second-order valence-corrected chi connectivity index (χ2v) is 10.1. The first-order chi connectivity index (χ1) is 18.9. The maximum Gasteiger partial charge on any atom is 0.272 e. The molecule has 0 spiro atoms. The molecule has 0 bridgehead atoms. The molecule has 1 aromatic heterocycles. The molecule has 2 amide bonds. The Morgan fingerprint density at radius 1 is 1.10 bits per heavy atom. The molecule has 2 aliphatic rings. The van der Waals surface area contributed by atoms with Crippen molar-refractivity contribution in [2.45, 2.75) is 64.1 Å². The number of fused-ring (bicyclic) bond motifs is 1. The zero-order valence-electron chi connectivity index (χ0n) is 22.8. The van der Waals surface area contributed by atoms with Gasteiger partial charge in [0.15, 0.2) is 11.5 Å². The molecule has 0 radical (unpaired) electrons. The highest BCUT2D eigenvalue weighted by Crippen LogP contribution is 2.35. The third-order valence-corrected chi connectivity index (χ3v) is 7.25. The van der Waals surface area contributed by atoms with Crippen LogP contribution in [0.4, 0.5) is 5.69 Å². The third-order valence-electron chi connectivity index (χ3n) is 7.25. The predicted octanol–water partition coefficient (Wildman–Crippen LogP) is 4.49. The van der Waals surface area contributed by atoms with Crippen LogP contribution in [-0.2, 0) is 16.6 Å². The molecule has 39 heavy (non-hydrogen) atoms. The summed E-state index contributed by atoms with van der Waals surface area (Å²) in [5.41, 5.74) is 1.89. The van der Waals surface area contributed by atoms with Gasteiger partial charge in [-0.1, -0.05) is 31.4 Å². The highest BCUT2D eigenvalue weighted by molar-refractivity contribution is 6.03. The minimum Gasteiger partial charge on any atom is -0.494 e. The zero-order valence-corrected chi connectivity index (χ0v) is 22.8. The number of nitrogens with one attached hydrogen (secondary N) is 1. The van der Waals surface area contributed by atoms with Crippen molar-refractivity contribution in [2.24, 2.45) is 7.05 Å². The molecule has 5 rings (SSSR count). The number of ether oxygens (including phenoxy) is 3. The van der Waals surface area contributed by atoms with E-state index in [0.717, 1.165) is 25.7 Å². The summed E-state index contributed by atoms with van der Waals surface area (Å²) in [4.78, 5) is 30.0. The first kappa shape index (κ1) is 26.6. The Kier molecular flexibility index (Phi) is 8.05. The van der Waals surface area contributed by atoms with Crippen LogP contribution in [0.3, 0.4) is 0 Å². The van der Waals surface area contributed by atoms with Crippen molar-refractivity contribution in [3.63, 3.8) is 0 Å². The fourth-order valence-corrected chi connectivity index (χ4v) is 5.38. The minimum absolute atomic E-state index is 0.0341. The Labute approximate surface area is 229 Å². The number of hydrogen-bond donors (Lipinski definition) is 1. The van der Waals surface area contributed by atoms with Gasteiger partial charge >= 0.3 is 0 Å². The number of carbonyl (C=O) groups excluding carboxylic acids is 2. The Morgan fingerprint density at radius 3 is 2.49 bits per heavy atom. The maximum atomic E-state index is 14.3. The lowest BCUT2D eigenvalue weighted by molar-refractivity contribution is -0.132. The number of hydrogen-bond acceptors (Lipinski definition) is 6. The fraction of sp³-hybridized carbons (Fsp3) is 0.433. The van der Waals surface area contributed by atoms with Crippen molar-refractivity contribution < 1.29 is 23.8 Å². The van der Waals surface area contributed by atoms with Gasteiger partial charge < -0.3 is 19.5 Å². The molecule has 9 nitrogen and oxygen atoms in total. The lowest BCUT2D eigenvalue weighted by Crippen LogP contribution is -2.52. The minimum atomic E-state index is -0.952. The molecule has 1 saturated carbocycles. The van der Waals surface area contributed by atoms with E-state index in [0.29, 0.717) is 40.8 Å². The van der Waals surface area contributed by atoms with E-state index < -0.39 is 12.1 Å². The van der Waals surface area contributed by atoms with Crippen LogP contribution in [0.1, 0.15) is 56.3 Å². The van der Waals surface area contributed by atoms with Gasteiger partial charge in [-0.2, -0.15) is 5.10 Å². The molecule has 3 aromatic rings. The molecule has 2 atom stereocenters. The molecule has 2 heterocycles. The molecular weight excluding hydrogens is 496 g/mol. The number of amides is 2. The molecule has 1 fully saturated rings. The van der Waals surface area contributed by atoms with Crippen LogP contribution in [0.25, 0.3) is 0 Å². The standard InChI is InChI=1S/C30H36N4O5/c1-4-37-23-16-14-22(15-17-23)34(30(36)27-19-38-25-12-8-9-13-26(25)39-27)28(24-18-33(3)32-20(24)2)29(35)31-21-10-6-5-7-11-21/h8-9,12-18,21,27-28H,4-7,10-11,19H2,1-3H3,(H,31,35)/t27-,28-/m0/s1. The first-order valence-electron chi connectivity index (χ1n) is 13.7. The molecule has 0 saturated heterocycles. The summed E-state index contributed by atoms with van der Waals surface area (Å²) >= 11 is 0. The first-order valence-corrected chi connectivity index (χ1v) is 13.7. The van der Waals surface area contributed by atoms with Gasteiger partial charge in [0.05, 0.1) is 12.3 Å². The summed E-state index contributed by atoms with van der Waals surface area (Å²) in [6, 6.07) is 13.6. The molecule has 0 unspecified atom stereocenters. The summed E-state index contributed by atoms with van der Waals surface area (Å²) in [6.07, 6.45) is 6.06. The number of para-hydroxylation sites is 2. The number of carbonyl (C=O) groups is 2. The number of benzene rings is 2. The molecular formula is C30H36N4O5. The lowest BCUT2D eigenvalue weighted by atomic mass is 9.94. The normalized spacial score (nSPS) is 17.8. The summed E-state index contributed by atoms with van der Waals surface area (Å²) in [7, 11) is 1.81. The van der Waals surface area contributed by atoms with E-state index in [1.165, 1.54) is 11.3 Å². The van der Waals surface area contributed by atoms with Gasteiger partial charge in [-0.25, -0.2) is 0 Å². The molecule has 1 aliphatic carbocycles. The van der Waals surface area contributed by atoms with Crippen molar-refractivity contribution in [1.29, 1.82) is 0 Å². The average Bonchev–Trinajstić information content (AvgIpc) is 3.29. The van der Waals surface area contributed by atoms with Crippen molar-refractivity contribution in [2.75, 3.05) is 18.1 Å². The Morgan fingerprint density at radius 2 is 1.82 bits per heavy atom. The molecule has 1 aliphatic heterocycles. The number of aryl methyl sites for hydroxylation is 2. The summed E-state index contributed by atoms with van der Waals surface area (Å²) in [5, 5.41) is 7.74. The number of rotatable bonds is 8. The maximum absolute atomic E-state index is 14.3. The van der Waals surface area contributed by atoms with Crippen molar-refractivity contribution in [1.82, 2.24) is 15.1 Å². The van der Waals surface area contributed by atoms with Gasteiger partial charge in [-0.05, 0) is 63.1 Å². The number of anilines is 1. The van der Waals surface area contributed by atoms with E-state index in [2.05, 4.69) is 10.4 Å². The van der Waals surface area contributed by atoms with Crippen molar-refractivity contribution >= 4 is 17.5 Å². The van der Waals surface area contributed by atoms with Gasteiger partial charge in [-0.3, -0.25) is 19.2 Å². The largest absolute Gasteiger partial charge is 0.494 e. The summed E-state index contributed by atoms with van der Waals surface area (Å²) in [5.74, 6) is 1.15. The monoisotopic (exact) mass is 532 g/mol. The third kappa shape index (κ3) is 5.87. The molecule has 9 heteroatoms. The van der Waals surface area contributed by atoms with Gasteiger partial charge in [0.2, 0.25) is 12.0 Å². The van der Waals surface area contributed by atoms with Crippen LogP contribution in [0.5, 0.6) is 17.2 Å². The second-order valence-electron chi connectivity index (χ2n) is 10.1. The zero-order chi connectivity index (χ0) is 27.4. The van der Waals surface area contributed by atoms with E-state index >= 15 is 0 Å². The van der Waals surface area contributed by atoms with Crippen LogP contribution < -0.4 is 24.4 Å². The predicted molar refractivity (Wildman–Crippen MR) is 147 cm³/mol. The van der Waals surface area contributed by atoms with E-state index in [1.54, 1.807) is 41.1 Å². The van der Waals surface area contributed by atoms with Gasteiger partial charge in [0, 0.05) is 30.5 Å². The lowest BCUT2D eigenvalue weighted by Gasteiger charge is -2.36. The van der Waals surface area contributed by atoms with E-state index in [4.69, 9.17) is 14.2 Å². The van der Waals surface area contributed by atoms with Crippen LogP contribution >= 0.6 is 0 Å². The quantitative estimate of drug-likeness (QED) is 0.459. The number of aromatic nitrogens is 2. The van der Waals surface area contributed by atoms with Crippen molar-refractivity contribution in [3.05, 3.63) is 66.0 Å². The Balaban J connectivity index is 1.55. The fourth-order valence-electron chi connectivity index (χ4n) is 5.38. The summed E-state index contributed by atoms with van der Waals surface area (Å²) < 4.78 is 19.3. The average molecular weight is 533 g/mol. The van der Waals surface area contributed by atoms with E-state index in [9.17, 15) is 9.59 Å². The van der Waals surface area contributed by atoms with Crippen LogP contribution in [-0.4, -0.2) is 47.0 Å². The Hall–Kier alpha value is -4.01. The van der Waals surface area contributed by atoms with Crippen LogP contribution in [0.15, 0.2) is 54.7 Å². The molecule has 2 aromatic carbocycles. The van der Waals surface area contributed by atoms with Crippen LogP contribution in [0.2, 0.25) is 0 Å². The topological polar surface area (TPSA) is 94.9 Å². The highest BCUT2D eigenvalue weighted by Gasteiger charge is 2.41. The van der Waals surface area contributed by atoms with Gasteiger partial charge in [0.1, 0.15) is 18.4 Å². The van der Waals surface area contributed by atoms with E-state index in [1.807, 2.05) is 39.2 Å². The van der Waals surface area contributed by atoms with Gasteiger partial charge in [0.25, 0.3) is 5.91 Å². The number of nitrogens with zero attached hydrogens (tertiary/aromatic N) is 3. The Bertz CT molecular complexity index is 1300. The van der Waals surface area contributed by atoms with Crippen LogP contribution in [0, 0.1) is 6.92 Å². The molecule has 206 valence electrons. The SMILES string of the molecule is CCOc1ccc(N(C(=O)[C@@H]2COc3ccccc3O2)[C@H](C(=O)NC2CCCCC2)c2cn(C)nc2C)cc1.